The SMILES string of the molecule is Cc1ccc(NC(=O)c2nn(C)c3c2CS(=O)(=O)c2ccccc2-3)c(Cl)c1. The number of nitrogens with one attached hydrogen (secondary N) is 1. The Kier molecular flexibility index (Phi) is 4.09. The lowest BCUT2D eigenvalue weighted by Crippen LogP contribution is -2.18. The van der Waals surface area contributed by atoms with Crippen LogP contribution in [0.2, 0.25) is 5.02 Å². The molecule has 1 N–H and O–H groups in total. The Morgan fingerprint density at radius 1 is 1.22 bits per heavy atom. The number of halogens is 1. The maximum Gasteiger partial charge on any atom is 0.276 e. The summed E-state index contributed by atoms with van der Waals surface area (Å²) in [5.41, 5.74) is 3.10. The Labute approximate surface area is 161 Å². The first-order valence-corrected chi connectivity index (χ1v) is 10.3. The fourth-order valence-corrected chi connectivity index (χ4v) is 5.21. The Morgan fingerprint density at radius 3 is 2.70 bits per heavy atom. The zero-order valence-electron chi connectivity index (χ0n) is 14.7. The molecular formula is C19H16ClN3O3S. The number of carbonyl (C=O) groups excluding carboxylic acids is 1. The van der Waals surface area contributed by atoms with Gasteiger partial charge in [-0.15, -0.1) is 0 Å². The van der Waals surface area contributed by atoms with Crippen molar-refractivity contribution in [1.82, 2.24) is 9.78 Å². The molecule has 6 nitrogen and oxygen atoms in total. The molecule has 0 radical (unpaired) electrons. The number of nitrogens with zero attached hydrogens (tertiary/aromatic N) is 2. The molecule has 27 heavy (non-hydrogen) atoms. The maximum atomic E-state index is 12.8. The molecule has 2 heterocycles. The first-order chi connectivity index (χ1) is 12.8. The summed E-state index contributed by atoms with van der Waals surface area (Å²) in [5, 5.41) is 7.43. The third-order valence-corrected chi connectivity index (χ3v) is 6.55. The van der Waals surface area contributed by atoms with E-state index in [-0.39, 0.29) is 16.3 Å². The van der Waals surface area contributed by atoms with Crippen LogP contribution in [0.1, 0.15) is 21.6 Å². The Hall–Kier alpha value is -2.64. The molecule has 138 valence electrons. The zero-order chi connectivity index (χ0) is 19.3. The predicted molar refractivity (Wildman–Crippen MR) is 104 cm³/mol. The maximum absolute atomic E-state index is 12.8. The van der Waals surface area contributed by atoms with Gasteiger partial charge in [0.05, 0.1) is 27.1 Å². The number of anilines is 1. The van der Waals surface area contributed by atoms with E-state index < -0.39 is 15.7 Å². The molecule has 8 heteroatoms. The lowest BCUT2D eigenvalue weighted by molar-refractivity contribution is 0.102. The van der Waals surface area contributed by atoms with Crippen molar-refractivity contribution in [2.45, 2.75) is 17.6 Å². The lowest BCUT2D eigenvalue weighted by Gasteiger charge is -2.18. The van der Waals surface area contributed by atoms with E-state index in [1.807, 2.05) is 13.0 Å². The minimum atomic E-state index is -3.54. The quantitative estimate of drug-likeness (QED) is 0.711. The van der Waals surface area contributed by atoms with Crippen LogP contribution in [-0.4, -0.2) is 24.1 Å². The van der Waals surface area contributed by atoms with Crippen molar-refractivity contribution in [1.29, 1.82) is 0 Å². The second kappa shape index (κ2) is 6.21. The molecule has 1 aliphatic heterocycles. The number of aryl methyl sites for hydroxylation is 2. The molecule has 1 aliphatic rings. The summed E-state index contributed by atoms with van der Waals surface area (Å²) < 4.78 is 26.9. The lowest BCUT2D eigenvalue weighted by atomic mass is 10.1. The van der Waals surface area contributed by atoms with Gasteiger partial charge in [-0.1, -0.05) is 35.9 Å². The summed E-state index contributed by atoms with van der Waals surface area (Å²) in [6, 6.07) is 12.0. The highest BCUT2D eigenvalue weighted by Crippen LogP contribution is 2.39. The number of hydrogen-bond donors (Lipinski definition) is 1. The Bertz CT molecular complexity index is 1200. The van der Waals surface area contributed by atoms with Crippen LogP contribution in [0.25, 0.3) is 11.3 Å². The van der Waals surface area contributed by atoms with E-state index in [0.29, 0.717) is 27.5 Å². The van der Waals surface area contributed by atoms with Crippen molar-refractivity contribution in [3.63, 3.8) is 0 Å². The average molecular weight is 402 g/mol. The van der Waals surface area contributed by atoms with Crippen LogP contribution >= 0.6 is 11.6 Å². The molecule has 2 aromatic carbocycles. The van der Waals surface area contributed by atoms with E-state index >= 15 is 0 Å². The first kappa shape index (κ1) is 17.8. The normalized spacial score (nSPS) is 14.3. The summed E-state index contributed by atoms with van der Waals surface area (Å²) in [5.74, 6) is -0.760. The van der Waals surface area contributed by atoms with Crippen LogP contribution in [0.3, 0.4) is 0 Å². The van der Waals surface area contributed by atoms with Gasteiger partial charge in [0.25, 0.3) is 5.91 Å². The van der Waals surface area contributed by atoms with Gasteiger partial charge in [0, 0.05) is 18.2 Å². The van der Waals surface area contributed by atoms with Gasteiger partial charge in [-0.2, -0.15) is 5.10 Å². The van der Waals surface area contributed by atoms with Crippen LogP contribution < -0.4 is 5.32 Å². The minimum Gasteiger partial charge on any atom is -0.319 e. The van der Waals surface area contributed by atoms with Gasteiger partial charge in [-0.05, 0) is 30.7 Å². The van der Waals surface area contributed by atoms with Crippen molar-refractivity contribution in [3.05, 3.63) is 64.3 Å². The fourth-order valence-electron chi connectivity index (χ4n) is 3.33. The van der Waals surface area contributed by atoms with Gasteiger partial charge in [0.15, 0.2) is 15.5 Å². The highest BCUT2D eigenvalue weighted by atomic mass is 35.5. The molecule has 0 unspecified atom stereocenters. The molecule has 0 atom stereocenters. The second-order valence-electron chi connectivity index (χ2n) is 6.49. The molecule has 0 saturated heterocycles. The highest BCUT2D eigenvalue weighted by molar-refractivity contribution is 7.90. The Morgan fingerprint density at radius 2 is 1.96 bits per heavy atom. The number of hydrogen-bond acceptors (Lipinski definition) is 4. The summed E-state index contributed by atoms with van der Waals surface area (Å²) >= 11 is 6.19. The molecule has 1 amide bonds. The molecule has 3 aromatic rings. The summed E-state index contributed by atoms with van der Waals surface area (Å²) in [4.78, 5) is 13.1. The number of aromatic nitrogens is 2. The van der Waals surface area contributed by atoms with E-state index in [2.05, 4.69) is 10.4 Å². The predicted octanol–water partition coefficient (Wildman–Crippen LogP) is 3.59. The monoisotopic (exact) mass is 401 g/mol. The van der Waals surface area contributed by atoms with Crippen molar-refractivity contribution < 1.29 is 13.2 Å². The molecule has 0 fully saturated rings. The number of benzene rings is 2. The largest absolute Gasteiger partial charge is 0.319 e. The van der Waals surface area contributed by atoms with Crippen LogP contribution in [0, 0.1) is 6.92 Å². The van der Waals surface area contributed by atoms with E-state index in [9.17, 15) is 13.2 Å². The molecule has 0 spiro atoms. The number of sulfone groups is 1. The minimum absolute atomic E-state index is 0.0854. The molecular weight excluding hydrogens is 386 g/mol. The van der Waals surface area contributed by atoms with Crippen LogP contribution in [0.15, 0.2) is 47.4 Å². The standard InChI is InChI=1S/C19H16ClN3O3S/c1-11-7-8-15(14(20)9-11)21-19(24)17-13-10-27(25,26)16-6-4-3-5-12(16)18(13)23(2)22-17/h3-9H,10H2,1-2H3,(H,21,24). The van der Waals surface area contributed by atoms with Crippen molar-refractivity contribution in [2.75, 3.05) is 5.32 Å². The molecule has 4 rings (SSSR count). The van der Waals surface area contributed by atoms with Crippen molar-refractivity contribution in [3.8, 4) is 11.3 Å². The fraction of sp³-hybridized carbons (Fsp3) is 0.158. The second-order valence-corrected chi connectivity index (χ2v) is 8.86. The number of amides is 1. The summed E-state index contributed by atoms with van der Waals surface area (Å²) in [6.45, 7) is 1.90. The molecule has 1 aromatic heterocycles. The number of fused-ring (bicyclic) bond motifs is 3. The smallest absolute Gasteiger partial charge is 0.276 e. The van der Waals surface area contributed by atoms with Crippen LogP contribution in [-0.2, 0) is 22.6 Å². The number of rotatable bonds is 2. The van der Waals surface area contributed by atoms with Gasteiger partial charge >= 0.3 is 0 Å². The average Bonchev–Trinajstić information content (AvgIpc) is 2.93. The van der Waals surface area contributed by atoms with Gasteiger partial charge in [0.2, 0.25) is 0 Å². The number of carbonyl (C=O) groups is 1. The van der Waals surface area contributed by atoms with E-state index in [0.717, 1.165) is 5.56 Å². The molecule has 0 saturated carbocycles. The van der Waals surface area contributed by atoms with Gasteiger partial charge in [-0.25, -0.2) is 8.42 Å². The van der Waals surface area contributed by atoms with Gasteiger partial charge in [-0.3, -0.25) is 9.48 Å². The summed E-state index contributed by atoms with van der Waals surface area (Å²) in [7, 11) is -1.85. The third kappa shape index (κ3) is 2.93. The van der Waals surface area contributed by atoms with Gasteiger partial charge < -0.3 is 5.32 Å². The highest BCUT2D eigenvalue weighted by Gasteiger charge is 2.34. The molecule has 0 bridgehead atoms. The first-order valence-electron chi connectivity index (χ1n) is 8.23. The van der Waals surface area contributed by atoms with Gasteiger partial charge in [0.1, 0.15) is 0 Å². The summed E-state index contributed by atoms with van der Waals surface area (Å²) in [6.07, 6.45) is 0. The topological polar surface area (TPSA) is 81.1 Å². The third-order valence-electron chi connectivity index (χ3n) is 4.54. The van der Waals surface area contributed by atoms with E-state index in [1.165, 1.54) is 0 Å². The zero-order valence-corrected chi connectivity index (χ0v) is 16.2. The van der Waals surface area contributed by atoms with Crippen molar-refractivity contribution in [2.24, 2.45) is 7.05 Å². The van der Waals surface area contributed by atoms with Crippen LogP contribution in [0.5, 0.6) is 0 Å². The van der Waals surface area contributed by atoms with Crippen molar-refractivity contribution >= 4 is 33.0 Å². The Balaban J connectivity index is 1.81. The van der Waals surface area contributed by atoms with Crippen LogP contribution in [0.4, 0.5) is 5.69 Å². The molecule has 0 aliphatic carbocycles. The van der Waals surface area contributed by atoms with E-state index in [1.54, 1.807) is 48.1 Å². The van der Waals surface area contributed by atoms with E-state index in [4.69, 9.17) is 11.6 Å².